The lowest BCUT2D eigenvalue weighted by molar-refractivity contribution is 0.161. The van der Waals surface area contributed by atoms with Gasteiger partial charge < -0.3 is 10.1 Å². The first-order chi connectivity index (χ1) is 9.51. The van der Waals surface area contributed by atoms with Crippen LogP contribution in [0.4, 0.5) is 5.82 Å². The molecule has 0 saturated heterocycles. The zero-order valence-electron chi connectivity index (χ0n) is 12.2. The highest BCUT2D eigenvalue weighted by molar-refractivity contribution is 7.89. The molecule has 0 bridgehead atoms. The Labute approximate surface area is 121 Å². The second kappa shape index (κ2) is 8.18. The third-order valence-electron chi connectivity index (χ3n) is 2.68. The van der Waals surface area contributed by atoms with Gasteiger partial charge in [-0.15, -0.1) is 0 Å². The molecule has 1 rings (SSSR count). The van der Waals surface area contributed by atoms with Crippen molar-refractivity contribution in [2.45, 2.75) is 25.2 Å². The topological polar surface area (TPSA) is 80.3 Å². The van der Waals surface area contributed by atoms with Crippen LogP contribution in [0.5, 0.6) is 0 Å². The maximum atomic E-state index is 12.3. The quantitative estimate of drug-likeness (QED) is 0.722. The number of sulfonamides is 1. The van der Waals surface area contributed by atoms with Gasteiger partial charge in [0.15, 0.2) is 0 Å². The molecule has 1 aromatic rings. The number of nitrogens with zero attached hydrogens (tertiary/aromatic N) is 1. The Balaban J connectivity index is 2.81. The lowest BCUT2D eigenvalue weighted by Crippen LogP contribution is -2.30. The van der Waals surface area contributed by atoms with Gasteiger partial charge >= 0.3 is 0 Å². The summed E-state index contributed by atoms with van der Waals surface area (Å²) in [6.45, 7) is 5.45. The van der Waals surface area contributed by atoms with Crippen LogP contribution < -0.4 is 10.0 Å². The van der Waals surface area contributed by atoms with Crippen LogP contribution in [0.15, 0.2) is 23.2 Å². The first-order valence-corrected chi connectivity index (χ1v) is 8.17. The second-order valence-corrected chi connectivity index (χ2v) is 6.42. The fourth-order valence-corrected chi connectivity index (χ4v) is 2.95. The number of aromatic nitrogens is 1. The Morgan fingerprint density at radius 1 is 1.45 bits per heavy atom. The molecule has 1 unspecified atom stereocenters. The average Bonchev–Trinajstić information content (AvgIpc) is 2.44. The summed E-state index contributed by atoms with van der Waals surface area (Å²) < 4.78 is 32.2. The van der Waals surface area contributed by atoms with Gasteiger partial charge in [-0.25, -0.2) is 18.1 Å². The summed E-state index contributed by atoms with van der Waals surface area (Å²) >= 11 is 0. The molecule has 7 heteroatoms. The number of nitrogens with one attached hydrogen (secondary N) is 2. The third kappa shape index (κ3) is 5.07. The highest BCUT2D eigenvalue weighted by atomic mass is 32.2. The molecule has 0 radical (unpaired) electrons. The Bertz CT molecular complexity index is 505. The van der Waals surface area contributed by atoms with E-state index in [2.05, 4.69) is 15.0 Å². The number of ether oxygens (including phenoxy) is 1. The van der Waals surface area contributed by atoms with Gasteiger partial charge in [-0.05, 0) is 24.5 Å². The summed E-state index contributed by atoms with van der Waals surface area (Å²) in [5.74, 6) is 0.500. The molecule has 0 fully saturated rings. The minimum absolute atomic E-state index is 0.110. The zero-order valence-corrected chi connectivity index (χ0v) is 13.0. The van der Waals surface area contributed by atoms with Crippen LogP contribution in [0.25, 0.3) is 0 Å². The number of anilines is 1. The fourth-order valence-electron chi connectivity index (χ4n) is 1.66. The molecule has 6 nitrogen and oxygen atoms in total. The van der Waals surface area contributed by atoms with Crippen molar-refractivity contribution in [1.29, 1.82) is 0 Å². The zero-order chi connectivity index (χ0) is 15.0. The van der Waals surface area contributed by atoms with Crippen LogP contribution in [-0.4, -0.2) is 40.2 Å². The van der Waals surface area contributed by atoms with Crippen molar-refractivity contribution in [3.8, 4) is 0 Å². The Morgan fingerprint density at radius 2 is 2.20 bits per heavy atom. The SMILES string of the molecule is CCCNc1ncccc1S(=O)(=O)NCC(C)COC. The standard InChI is InChI=1S/C13H23N3O3S/c1-4-7-14-13-12(6-5-8-15-13)20(17,18)16-9-11(2)10-19-3/h5-6,8,11,16H,4,7,9-10H2,1-3H3,(H,14,15). The maximum Gasteiger partial charge on any atom is 0.244 e. The van der Waals surface area contributed by atoms with Crippen LogP contribution >= 0.6 is 0 Å². The lowest BCUT2D eigenvalue weighted by atomic mass is 10.2. The minimum Gasteiger partial charge on any atom is -0.384 e. The van der Waals surface area contributed by atoms with Crippen molar-refractivity contribution >= 4 is 15.8 Å². The molecule has 0 saturated carbocycles. The highest BCUT2D eigenvalue weighted by Crippen LogP contribution is 2.17. The Morgan fingerprint density at radius 3 is 2.85 bits per heavy atom. The van der Waals surface area contributed by atoms with Gasteiger partial charge in [0.05, 0.1) is 0 Å². The van der Waals surface area contributed by atoms with E-state index in [0.29, 0.717) is 25.5 Å². The summed E-state index contributed by atoms with van der Waals surface area (Å²) in [7, 11) is -1.97. The minimum atomic E-state index is -3.57. The van der Waals surface area contributed by atoms with Crippen LogP contribution in [0.1, 0.15) is 20.3 Å². The fraction of sp³-hybridized carbons (Fsp3) is 0.615. The van der Waals surface area contributed by atoms with Crippen LogP contribution in [-0.2, 0) is 14.8 Å². The molecule has 1 heterocycles. The molecular weight excluding hydrogens is 278 g/mol. The normalized spacial score (nSPS) is 13.2. The van der Waals surface area contributed by atoms with Crippen LogP contribution in [0.2, 0.25) is 0 Å². The summed E-state index contributed by atoms with van der Waals surface area (Å²) in [4.78, 5) is 4.27. The number of pyridine rings is 1. The van der Waals surface area contributed by atoms with E-state index in [1.54, 1.807) is 25.4 Å². The van der Waals surface area contributed by atoms with Crippen molar-refractivity contribution in [3.63, 3.8) is 0 Å². The van der Waals surface area contributed by atoms with Crippen molar-refractivity contribution < 1.29 is 13.2 Å². The molecule has 0 amide bonds. The Hall–Kier alpha value is -1.18. The molecule has 2 N–H and O–H groups in total. The summed E-state index contributed by atoms with van der Waals surface area (Å²) in [5.41, 5.74) is 0. The third-order valence-corrected chi connectivity index (χ3v) is 4.13. The largest absolute Gasteiger partial charge is 0.384 e. The molecule has 114 valence electrons. The molecular formula is C13H23N3O3S. The lowest BCUT2D eigenvalue weighted by Gasteiger charge is -2.14. The first-order valence-electron chi connectivity index (χ1n) is 6.68. The predicted molar refractivity (Wildman–Crippen MR) is 79.2 cm³/mol. The molecule has 0 aliphatic carbocycles. The summed E-state index contributed by atoms with van der Waals surface area (Å²) in [5, 5.41) is 3.03. The smallest absolute Gasteiger partial charge is 0.244 e. The maximum absolute atomic E-state index is 12.3. The molecule has 20 heavy (non-hydrogen) atoms. The van der Waals surface area contributed by atoms with E-state index in [1.165, 1.54) is 0 Å². The Kier molecular flexibility index (Phi) is 6.90. The molecule has 1 atom stereocenters. The molecule has 0 spiro atoms. The van der Waals surface area contributed by atoms with Crippen molar-refractivity contribution in [2.24, 2.45) is 5.92 Å². The van der Waals surface area contributed by atoms with Gasteiger partial charge in [-0.2, -0.15) is 0 Å². The number of rotatable bonds is 9. The van der Waals surface area contributed by atoms with E-state index >= 15 is 0 Å². The van der Waals surface area contributed by atoms with Gasteiger partial charge in [0, 0.05) is 33.0 Å². The first kappa shape index (κ1) is 16.9. The van der Waals surface area contributed by atoms with Crippen LogP contribution in [0.3, 0.4) is 0 Å². The van der Waals surface area contributed by atoms with Gasteiger partial charge in [0.1, 0.15) is 10.7 Å². The van der Waals surface area contributed by atoms with Crippen LogP contribution in [0, 0.1) is 5.92 Å². The van der Waals surface area contributed by atoms with E-state index in [1.807, 2.05) is 13.8 Å². The van der Waals surface area contributed by atoms with E-state index in [-0.39, 0.29) is 10.8 Å². The molecule has 0 aliphatic heterocycles. The van der Waals surface area contributed by atoms with Gasteiger partial charge in [-0.3, -0.25) is 0 Å². The molecule has 0 aliphatic rings. The summed E-state index contributed by atoms with van der Waals surface area (Å²) in [6, 6.07) is 3.17. The second-order valence-electron chi connectivity index (χ2n) is 4.69. The van der Waals surface area contributed by atoms with Gasteiger partial charge in [0.2, 0.25) is 10.0 Å². The molecule has 1 aromatic heterocycles. The average molecular weight is 301 g/mol. The summed E-state index contributed by atoms with van der Waals surface area (Å²) in [6.07, 6.45) is 2.47. The van der Waals surface area contributed by atoms with Crippen molar-refractivity contribution in [3.05, 3.63) is 18.3 Å². The van der Waals surface area contributed by atoms with Gasteiger partial charge in [0.25, 0.3) is 0 Å². The van der Waals surface area contributed by atoms with E-state index in [4.69, 9.17) is 4.74 Å². The van der Waals surface area contributed by atoms with E-state index in [0.717, 1.165) is 6.42 Å². The number of methoxy groups -OCH3 is 1. The highest BCUT2D eigenvalue weighted by Gasteiger charge is 2.19. The predicted octanol–water partition coefficient (Wildman–Crippen LogP) is 1.46. The number of hydrogen-bond acceptors (Lipinski definition) is 5. The van der Waals surface area contributed by atoms with E-state index < -0.39 is 10.0 Å². The van der Waals surface area contributed by atoms with Crippen molar-refractivity contribution in [2.75, 3.05) is 32.1 Å². The van der Waals surface area contributed by atoms with Gasteiger partial charge in [-0.1, -0.05) is 13.8 Å². The monoisotopic (exact) mass is 301 g/mol. The number of hydrogen-bond donors (Lipinski definition) is 2. The van der Waals surface area contributed by atoms with Crippen molar-refractivity contribution in [1.82, 2.24) is 9.71 Å². The molecule has 0 aromatic carbocycles. The van der Waals surface area contributed by atoms with E-state index in [9.17, 15) is 8.42 Å².